The predicted octanol–water partition coefficient (Wildman–Crippen LogP) is 3.91. The Labute approximate surface area is 176 Å². The number of alkyl halides is 3. The van der Waals surface area contributed by atoms with Gasteiger partial charge in [-0.2, -0.15) is 13.2 Å². The van der Waals surface area contributed by atoms with Crippen molar-refractivity contribution in [2.45, 2.75) is 32.0 Å². The average Bonchev–Trinajstić information content (AvgIpc) is 2.62. The maximum absolute atomic E-state index is 11.9. The fourth-order valence-corrected chi connectivity index (χ4v) is 2.15. The van der Waals surface area contributed by atoms with E-state index >= 15 is 0 Å². The molecule has 0 fully saturated rings. The van der Waals surface area contributed by atoms with E-state index in [1.165, 1.54) is 0 Å². The summed E-state index contributed by atoms with van der Waals surface area (Å²) in [5.41, 5.74) is 1.14. The van der Waals surface area contributed by atoms with Gasteiger partial charge in [0.2, 0.25) is 0 Å². The van der Waals surface area contributed by atoms with Crippen molar-refractivity contribution in [3.8, 4) is 0 Å². The number of hydrogen-bond donors (Lipinski definition) is 2. The summed E-state index contributed by atoms with van der Waals surface area (Å²) in [4.78, 5) is 4.06. The Morgan fingerprint density at radius 3 is 2.22 bits per heavy atom. The molecule has 156 valence electrons. The van der Waals surface area contributed by atoms with Crippen LogP contribution in [0.5, 0.6) is 0 Å². The van der Waals surface area contributed by atoms with Gasteiger partial charge in [-0.3, -0.25) is 4.99 Å². The molecule has 1 atom stereocenters. The Balaban J connectivity index is 0.00000676. The van der Waals surface area contributed by atoms with Crippen molar-refractivity contribution >= 4 is 29.9 Å². The van der Waals surface area contributed by atoms with Gasteiger partial charge in [-0.05, 0) is 25.3 Å². The second-order valence-electron chi connectivity index (χ2n) is 5.72. The lowest BCUT2D eigenvalue weighted by Gasteiger charge is -2.15. The van der Waals surface area contributed by atoms with Gasteiger partial charge in [0.1, 0.15) is 6.61 Å². The smallest absolute Gasteiger partial charge is 0.374 e. The summed E-state index contributed by atoms with van der Waals surface area (Å²) >= 11 is 0. The van der Waals surface area contributed by atoms with Gasteiger partial charge in [-0.1, -0.05) is 30.3 Å². The molecule has 1 aromatic carbocycles. The van der Waals surface area contributed by atoms with Gasteiger partial charge in [-0.15, -0.1) is 24.0 Å². The Kier molecular flexibility index (Phi) is 14.3. The average molecular weight is 503 g/mol. The van der Waals surface area contributed by atoms with Crippen LogP contribution in [0.3, 0.4) is 0 Å². The van der Waals surface area contributed by atoms with Gasteiger partial charge in [0.05, 0.1) is 6.10 Å². The number of nitrogens with one attached hydrogen (secondary N) is 2. The van der Waals surface area contributed by atoms with E-state index in [0.29, 0.717) is 32.1 Å². The number of aliphatic imine (C=N–C) groups is 1. The summed E-state index contributed by atoms with van der Waals surface area (Å²) in [5.74, 6) is 0.608. The maximum atomic E-state index is 11.9. The number of guanidine groups is 1. The van der Waals surface area contributed by atoms with E-state index in [1.807, 2.05) is 37.3 Å². The maximum Gasteiger partial charge on any atom is 0.411 e. The minimum absolute atomic E-state index is 0. The lowest BCUT2D eigenvalue weighted by Crippen LogP contribution is -2.38. The Hall–Kier alpha value is -1.07. The molecule has 0 heterocycles. The van der Waals surface area contributed by atoms with E-state index in [1.54, 1.807) is 7.05 Å². The van der Waals surface area contributed by atoms with Crippen molar-refractivity contribution in [2.75, 3.05) is 40.0 Å². The molecular weight excluding hydrogens is 474 g/mol. The van der Waals surface area contributed by atoms with Gasteiger partial charge in [0.25, 0.3) is 0 Å². The summed E-state index contributed by atoms with van der Waals surface area (Å²) < 4.78 is 46.1. The molecule has 5 nitrogen and oxygen atoms in total. The van der Waals surface area contributed by atoms with E-state index in [-0.39, 0.29) is 36.7 Å². The quantitative estimate of drug-likeness (QED) is 0.208. The molecule has 0 aromatic heterocycles. The fourth-order valence-electron chi connectivity index (χ4n) is 2.15. The van der Waals surface area contributed by atoms with Crippen molar-refractivity contribution in [3.05, 3.63) is 35.9 Å². The molecule has 9 heteroatoms. The van der Waals surface area contributed by atoms with Crippen LogP contribution in [0.1, 0.15) is 31.4 Å². The summed E-state index contributed by atoms with van der Waals surface area (Å²) in [6.45, 7) is 2.65. The molecule has 2 N–H and O–H groups in total. The highest BCUT2D eigenvalue weighted by Gasteiger charge is 2.27. The molecular formula is C18H29F3IN3O2. The van der Waals surface area contributed by atoms with Gasteiger partial charge >= 0.3 is 6.18 Å². The Morgan fingerprint density at radius 1 is 1.07 bits per heavy atom. The first-order valence-electron chi connectivity index (χ1n) is 8.68. The number of nitrogens with zero attached hydrogens (tertiary/aromatic N) is 1. The normalized spacial score (nSPS) is 13.0. The van der Waals surface area contributed by atoms with Crippen LogP contribution in [0.4, 0.5) is 13.2 Å². The minimum atomic E-state index is -4.27. The van der Waals surface area contributed by atoms with Crippen LogP contribution in [0.15, 0.2) is 35.3 Å². The summed E-state index contributed by atoms with van der Waals surface area (Å²) in [6, 6.07) is 10.0. The number of benzene rings is 1. The zero-order valence-corrected chi connectivity index (χ0v) is 18.1. The molecule has 0 radical (unpaired) electrons. The molecule has 0 aliphatic carbocycles. The predicted molar refractivity (Wildman–Crippen MR) is 112 cm³/mol. The molecule has 1 unspecified atom stereocenters. The first kappa shape index (κ1) is 25.9. The highest BCUT2D eigenvalue weighted by atomic mass is 127. The van der Waals surface area contributed by atoms with Crippen LogP contribution < -0.4 is 10.6 Å². The fraction of sp³-hybridized carbons (Fsp3) is 0.611. The van der Waals surface area contributed by atoms with Crippen molar-refractivity contribution in [1.29, 1.82) is 0 Å². The Morgan fingerprint density at radius 2 is 1.67 bits per heavy atom. The van der Waals surface area contributed by atoms with Gasteiger partial charge < -0.3 is 20.1 Å². The van der Waals surface area contributed by atoms with Crippen LogP contribution in [0.25, 0.3) is 0 Å². The van der Waals surface area contributed by atoms with Crippen LogP contribution in [0.2, 0.25) is 0 Å². The summed E-state index contributed by atoms with van der Waals surface area (Å²) in [7, 11) is 1.64. The Bertz CT molecular complexity index is 516. The highest BCUT2D eigenvalue weighted by molar-refractivity contribution is 14.0. The van der Waals surface area contributed by atoms with Crippen molar-refractivity contribution in [1.82, 2.24) is 10.6 Å². The summed E-state index contributed by atoms with van der Waals surface area (Å²) in [5, 5.41) is 6.17. The molecule has 27 heavy (non-hydrogen) atoms. The van der Waals surface area contributed by atoms with Gasteiger partial charge in [0, 0.05) is 33.4 Å². The van der Waals surface area contributed by atoms with E-state index in [2.05, 4.69) is 20.4 Å². The molecule has 1 aromatic rings. The number of rotatable bonds is 11. The van der Waals surface area contributed by atoms with Crippen molar-refractivity contribution < 1.29 is 22.6 Å². The second kappa shape index (κ2) is 14.9. The van der Waals surface area contributed by atoms with E-state index in [0.717, 1.165) is 12.0 Å². The first-order valence-corrected chi connectivity index (χ1v) is 8.68. The number of ether oxygens (including phenoxy) is 2. The molecule has 1 rings (SSSR count). The van der Waals surface area contributed by atoms with E-state index in [4.69, 9.17) is 4.74 Å². The highest BCUT2D eigenvalue weighted by Crippen LogP contribution is 2.15. The molecule has 0 bridgehead atoms. The van der Waals surface area contributed by atoms with Crippen molar-refractivity contribution in [3.63, 3.8) is 0 Å². The van der Waals surface area contributed by atoms with Crippen LogP contribution in [0, 0.1) is 0 Å². The SMILES string of the molecule is CN=C(NCCCOCC(F)(F)F)NCCCOC(C)c1ccccc1.I. The zero-order valence-electron chi connectivity index (χ0n) is 15.7. The molecule has 0 aliphatic heterocycles. The van der Waals surface area contributed by atoms with E-state index in [9.17, 15) is 13.2 Å². The van der Waals surface area contributed by atoms with Crippen LogP contribution in [-0.4, -0.2) is 52.1 Å². The lowest BCUT2D eigenvalue weighted by molar-refractivity contribution is -0.173. The lowest BCUT2D eigenvalue weighted by atomic mass is 10.1. The third kappa shape index (κ3) is 13.7. The molecule has 0 saturated carbocycles. The van der Waals surface area contributed by atoms with Crippen LogP contribution >= 0.6 is 24.0 Å². The van der Waals surface area contributed by atoms with Crippen molar-refractivity contribution in [2.24, 2.45) is 4.99 Å². The largest absolute Gasteiger partial charge is 0.411 e. The monoisotopic (exact) mass is 503 g/mol. The van der Waals surface area contributed by atoms with Crippen LogP contribution in [-0.2, 0) is 9.47 Å². The minimum Gasteiger partial charge on any atom is -0.374 e. The third-order valence-corrected chi connectivity index (χ3v) is 3.50. The number of halogens is 4. The standard InChI is InChI=1S/C18H28F3N3O2.HI/c1-15(16-8-4-3-5-9-16)26-13-7-11-24-17(22-2)23-10-6-12-25-14-18(19,20)21;/h3-5,8-9,15H,6-7,10-14H2,1-2H3,(H2,22,23,24);1H. The first-order chi connectivity index (χ1) is 12.4. The molecule has 0 saturated heterocycles. The van der Waals surface area contributed by atoms with Gasteiger partial charge in [0.15, 0.2) is 5.96 Å². The zero-order chi connectivity index (χ0) is 19.3. The van der Waals surface area contributed by atoms with E-state index < -0.39 is 12.8 Å². The topological polar surface area (TPSA) is 54.9 Å². The second-order valence-corrected chi connectivity index (χ2v) is 5.72. The van der Waals surface area contributed by atoms with Gasteiger partial charge in [-0.25, -0.2) is 0 Å². The molecule has 0 aliphatic rings. The summed E-state index contributed by atoms with van der Waals surface area (Å²) in [6.07, 6.45) is -2.95. The molecule has 0 amide bonds. The third-order valence-electron chi connectivity index (χ3n) is 3.50. The molecule has 0 spiro atoms. The number of hydrogen-bond acceptors (Lipinski definition) is 3.